The molecule has 1 aliphatic rings. The van der Waals surface area contributed by atoms with Crippen molar-refractivity contribution in [1.82, 2.24) is 4.90 Å². The Morgan fingerprint density at radius 2 is 1.74 bits per heavy atom. The van der Waals surface area contributed by atoms with Crippen LogP contribution in [0.15, 0.2) is 71.6 Å². The van der Waals surface area contributed by atoms with Gasteiger partial charge in [-0.05, 0) is 46.7 Å². The van der Waals surface area contributed by atoms with Gasteiger partial charge in [0.1, 0.15) is 12.4 Å². The lowest BCUT2D eigenvalue weighted by molar-refractivity contribution is -0.122. The number of amides is 2. The van der Waals surface area contributed by atoms with Crippen molar-refractivity contribution in [2.24, 2.45) is 0 Å². The molecular formula is C25H23NO4S. The fourth-order valence-corrected chi connectivity index (χ4v) is 4.36. The van der Waals surface area contributed by atoms with Crippen molar-refractivity contribution in [2.75, 3.05) is 20.3 Å². The van der Waals surface area contributed by atoms with Gasteiger partial charge in [0.25, 0.3) is 11.1 Å². The van der Waals surface area contributed by atoms with Crippen LogP contribution in [0.4, 0.5) is 4.79 Å². The van der Waals surface area contributed by atoms with Crippen LogP contribution in [0.1, 0.15) is 17.5 Å². The lowest BCUT2D eigenvalue weighted by atomic mass is 10.1. The van der Waals surface area contributed by atoms with Gasteiger partial charge in [0, 0.05) is 25.8 Å². The van der Waals surface area contributed by atoms with Crippen LogP contribution < -0.4 is 4.74 Å². The second-order valence-corrected chi connectivity index (χ2v) is 8.14. The Labute approximate surface area is 185 Å². The van der Waals surface area contributed by atoms with E-state index in [1.54, 1.807) is 13.2 Å². The first-order valence-electron chi connectivity index (χ1n) is 10.1. The number of nitrogens with zero attached hydrogens (tertiary/aromatic N) is 1. The molecular weight excluding hydrogens is 410 g/mol. The number of ether oxygens (including phenoxy) is 2. The smallest absolute Gasteiger partial charge is 0.293 e. The van der Waals surface area contributed by atoms with Crippen LogP contribution in [-0.4, -0.2) is 36.3 Å². The molecule has 1 aliphatic heterocycles. The maximum atomic E-state index is 12.7. The molecule has 6 heteroatoms. The number of imide groups is 1. The number of carbonyl (C=O) groups is 2. The summed E-state index contributed by atoms with van der Waals surface area (Å²) in [6.07, 6.45) is 2.35. The molecule has 1 saturated heterocycles. The molecule has 3 aromatic rings. The highest BCUT2D eigenvalue weighted by Gasteiger charge is 2.34. The number of hydrogen-bond acceptors (Lipinski definition) is 5. The van der Waals surface area contributed by atoms with E-state index in [0.29, 0.717) is 36.8 Å². The number of rotatable bonds is 8. The standard InChI is InChI=1S/C25H23NO4S/c1-29-15-7-14-26-24(27)23(31-25(26)28)16-19-9-3-5-13-22(19)30-17-20-11-6-10-18-8-2-4-12-21(18)20/h2-6,8-13,16H,7,14-15,17H2,1H3/b23-16+. The molecule has 0 radical (unpaired) electrons. The third kappa shape index (κ3) is 4.81. The number of hydrogen-bond donors (Lipinski definition) is 0. The van der Waals surface area contributed by atoms with Crippen molar-refractivity contribution >= 4 is 39.8 Å². The van der Waals surface area contributed by atoms with Crippen LogP contribution in [0.3, 0.4) is 0 Å². The number of carbonyl (C=O) groups excluding carboxylic acids is 2. The first-order chi connectivity index (χ1) is 15.2. The summed E-state index contributed by atoms with van der Waals surface area (Å²) in [5.41, 5.74) is 1.86. The zero-order chi connectivity index (χ0) is 21.6. The van der Waals surface area contributed by atoms with Gasteiger partial charge < -0.3 is 9.47 Å². The Bertz CT molecular complexity index is 1140. The maximum Gasteiger partial charge on any atom is 0.293 e. The number of thioether (sulfide) groups is 1. The summed E-state index contributed by atoms with van der Waals surface area (Å²) >= 11 is 0.962. The molecule has 4 rings (SSSR count). The van der Waals surface area contributed by atoms with E-state index >= 15 is 0 Å². The minimum atomic E-state index is -0.269. The fourth-order valence-electron chi connectivity index (χ4n) is 3.51. The van der Waals surface area contributed by atoms with Crippen LogP contribution in [0.2, 0.25) is 0 Å². The minimum absolute atomic E-state index is 0.249. The Balaban J connectivity index is 1.52. The first-order valence-corrected chi connectivity index (χ1v) is 10.9. The molecule has 0 atom stereocenters. The third-order valence-corrected chi connectivity index (χ3v) is 5.98. The highest BCUT2D eigenvalue weighted by Crippen LogP contribution is 2.34. The van der Waals surface area contributed by atoms with E-state index < -0.39 is 0 Å². The predicted molar refractivity (Wildman–Crippen MR) is 124 cm³/mol. The van der Waals surface area contributed by atoms with Crippen molar-refractivity contribution < 1.29 is 19.1 Å². The molecule has 0 saturated carbocycles. The fraction of sp³-hybridized carbons (Fsp3) is 0.200. The number of methoxy groups -OCH3 is 1. The SMILES string of the molecule is COCCCN1C(=O)S/C(=C/c2ccccc2OCc2cccc3ccccc23)C1=O. The molecule has 1 fully saturated rings. The van der Waals surface area contributed by atoms with Gasteiger partial charge in [0.2, 0.25) is 0 Å². The quantitative estimate of drug-likeness (QED) is 0.347. The summed E-state index contributed by atoms with van der Waals surface area (Å²) in [5, 5.41) is 2.07. The number of fused-ring (bicyclic) bond motifs is 1. The topological polar surface area (TPSA) is 55.8 Å². The average Bonchev–Trinajstić information content (AvgIpc) is 3.06. The van der Waals surface area contributed by atoms with E-state index in [4.69, 9.17) is 9.47 Å². The van der Waals surface area contributed by atoms with Crippen molar-refractivity contribution in [3.63, 3.8) is 0 Å². The number of para-hydroxylation sites is 1. The second kappa shape index (κ2) is 9.81. The molecule has 0 bridgehead atoms. The molecule has 0 aliphatic carbocycles. The van der Waals surface area contributed by atoms with Gasteiger partial charge in [0.15, 0.2) is 0 Å². The summed E-state index contributed by atoms with van der Waals surface area (Å²) in [4.78, 5) is 26.6. The molecule has 1 heterocycles. The van der Waals surface area contributed by atoms with Crippen LogP contribution in [0.5, 0.6) is 5.75 Å². The van der Waals surface area contributed by atoms with Crippen LogP contribution in [-0.2, 0) is 16.1 Å². The molecule has 0 spiro atoms. The lowest BCUT2D eigenvalue weighted by Gasteiger charge is -2.12. The van der Waals surface area contributed by atoms with Crippen LogP contribution in [0, 0.1) is 0 Å². The average molecular weight is 434 g/mol. The van der Waals surface area contributed by atoms with Crippen molar-refractivity contribution in [3.05, 3.63) is 82.8 Å². The van der Waals surface area contributed by atoms with Crippen LogP contribution in [0.25, 0.3) is 16.8 Å². The van der Waals surface area contributed by atoms with Gasteiger partial charge in [-0.3, -0.25) is 14.5 Å². The van der Waals surface area contributed by atoms with Gasteiger partial charge in [-0.15, -0.1) is 0 Å². The van der Waals surface area contributed by atoms with Gasteiger partial charge in [0.05, 0.1) is 4.91 Å². The van der Waals surface area contributed by atoms with E-state index in [2.05, 4.69) is 24.3 Å². The Kier molecular flexibility index (Phi) is 6.70. The highest BCUT2D eigenvalue weighted by molar-refractivity contribution is 8.18. The van der Waals surface area contributed by atoms with E-state index in [-0.39, 0.29) is 11.1 Å². The Morgan fingerprint density at radius 3 is 2.61 bits per heavy atom. The van der Waals surface area contributed by atoms with Crippen molar-refractivity contribution in [3.8, 4) is 5.75 Å². The normalized spacial score (nSPS) is 15.3. The van der Waals surface area contributed by atoms with Gasteiger partial charge in [-0.25, -0.2) is 0 Å². The molecule has 0 N–H and O–H groups in total. The van der Waals surface area contributed by atoms with E-state index in [9.17, 15) is 9.59 Å². The molecule has 158 valence electrons. The minimum Gasteiger partial charge on any atom is -0.488 e. The van der Waals surface area contributed by atoms with E-state index in [0.717, 1.165) is 28.3 Å². The summed E-state index contributed by atoms with van der Waals surface area (Å²) in [6, 6.07) is 21.9. The first kappa shape index (κ1) is 21.2. The number of benzene rings is 3. The summed E-state index contributed by atoms with van der Waals surface area (Å²) in [7, 11) is 1.60. The predicted octanol–water partition coefficient (Wildman–Crippen LogP) is 5.49. The third-order valence-electron chi connectivity index (χ3n) is 5.07. The zero-order valence-corrected chi connectivity index (χ0v) is 18.1. The zero-order valence-electron chi connectivity index (χ0n) is 17.2. The maximum absolute atomic E-state index is 12.7. The van der Waals surface area contributed by atoms with Gasteiger partial charge in [-0.1, -0.05) is 60.7 Å². The second-order valence-electron chi connectivity index (χ2n) is 7.14. The molecule has 2 amide bonds. The lowest BCUT2D eigenvalue weighted by Crippen LogP contribution is -2.29. The monoisotopic (exact) mass is 433 g/mol. The van der Waals surface area contributed by atoms with Crippen molar-refractivity contribution in [2.45, 2.75) is 13.0 Å². The molecule has 0 aromatic heterocycles. The molecule has 31 heavy (non-hydrogen) atoms. The van der Waals surface area contributed by atoms with E-state index in [1.165, 1.54) is 10.3 Å². The Morgan fingerprint density at radius 1 is 0.968 bits per heavy atom. The van der Waals surface area contributed by atoms with Gasteiger partial charge >= 0.3 is 0 Å². The summed E-state index contributed by atoms with van der Waals surface area (Å²) in [5.74, 6) is 0.400. The van der Waals surface area contributed by atoms with Crippen molar-refractivity contribution in [1.29, 1.82) is 0 Å². The Hall–Kier alpha value is -3.09. The summed E-state index contributed by atoms with van der Waals surface area (Å²) < 4.78 is 11.1. The molecule has 0 unspecified atom stereocenters. The largest absolute Gasteiger partial charge is 0.488 e. The van der Waals surface area contributed by atoms with E-state index in [1.807, 2.05) is 42.5 Å². The van der Waals surface area contributed by atoms with Gasteiger partial charge in [-0.2, -0.15) is 0 Å². The molecule has 5 nitrogen and oxygen atoms in total. The highest BCUT2D eigenvalue weighted by atomic mass is 32.2. The molecule has 3 aromatic carbocycles. The van der Waals surface area contributed by atoms with Crippen LogP contribution >= 0.6 is 11.8 Å². The summed E-state index contributed by atoms with van der Waals surface area (Å²) in [6.45, 7) is 1.27.